The Morgan fingerprint density at radius 3 is 2.81 bits per heavy atom. The van der Waals surface area contributed by atoms with Crippen LogP contribution in [0.1, 0.15) is 16.1 Å². The molecule has 6 nitrogen and oxygen atoms in total. The summed E-state index contributed by atoms with van der Waals surface area (Å²) in [6.07, 6.45) is 4.91. The zero-order valence-electron chi connectivity index (χ0n) is 8.71. The molecule has 2 rings (SSSR count). The normalized spacial score (nSPS) is 10.3. The van der Waals surface area contributed by atoms with Gasteiger partial charge < -0.3 is 11.5 Å². The molecule has 2 heterocycles. The Morgan fingerprint density at radius 2 is 2.25 bits per heavy atom. The first-order valence-corrected chi connectivity index (χ1v) is 4.65. The van der Waals surface area contributed by atoms with Crippen LogP contribution in [0.4, 0.5) is 5.69 Å². The molecule has 2 aromatic heterocycles. The number of carbonyl (C=O) groups is 1. The Labute approximate surface area is 91.9 Å². The number of carbonyl (C=O) groups excluding carboxylic acids is 1. The predicted molar refractivity (Wildman–Crippen MR) is 59.0 cm³/mol. The van der Waals surface area contributed by atoms with Crippen molar-refractivity contribution >= 4 is 11.6 Å². The number of hydrogen-bond acceptors (Lipinski definition) is 4. The summed E-state index contributed by atoms with van der Waals surface area (Å²) in [6.45, 7) is 1.89. The molecule has 2 aromatic rings. The molecule has 0 radical (unpaired) electrons. The van der Waals surface area contributed by atoms with Crippen molar-refractivity contribution in [3.63, 3.8) is 0 Å². The maximum atomic E-state index is 11.0. The van der Waals surface area contributed by atoms with Crippen LogP contribution in [0, 0.1) is 6.92 Å². The van der Waals surface area contributed by atoms with Crippen molar-refractivity contribution in [2.45, 2.75) is 6.92 Å². The van der Waals surface area contributed by atoms with E-state index in [0.717, 1.165) is 11.3 Å². The van der Waals surface area contributed by atoms with Gasteiger partial charge in [0.25, 0.3) is 5.91 Å². The van der Waals surface area contributed by atoms with Crippen molar-refractivity contribution in [3.05, 3.63) is 35.9 Å². The van der Waals surface area contributed by atoms with Crippen LogP contribution < -0.4 is 11.5 Å². The van der Waals surface area contributed by atoms with Crippen LogP contribution >= 0.6 is 0 Å². The first kappa shape index (κ1) is 10.2. The molecule has 1 amide bonds. The minimum Gasteiger partial charge on any atom is -0.396 e. The molecule has 82 valence electrons. The lowest BCUT2D eigenvalue weighted by Crippen LogP contribution is -2.14. The van der Waals surface area contributed by atoms with Gasteiger partial charge >= 0.3 is 0 Å². The largest absolute Gasteiger partial charge is 0.396 e. The number of nitrogens with two attached hydrogens (primary N) is 2. The molecule has 0 aliphatic heterocycles. The Bertz CT molecular complexity index is 546. The summed E-state index contributed by atoms with van der Waals surface area (Å²) in [5.41, 5.74) is 12.9. The number of pyridine rings is 1. The van der Waals surface area contributed by atoms with Gasteiger partial charge in [0.05, 0.1) is 17.6 Å². The molecule has 0 unspecified atom stereocenters. The van der Waals surface area contributed by atoms with E-state index in [-0.39, 0.29) is 11.4 Å². The summed E-state index contributed by atoms with van der Waals surface area (Å²) >= 11 is 0. The topological polar surface area (TPSA) is 99.8 Å². The molecule has 0 aliphatic rings. The predicted octanol–water partition coefficient (Wildman–Crippen LogP) is 0.257. The van der Waals surface area contributed by atoms with E-state index in [0.29, 0.717) is 0 Å². The van der Waals surface area contributed by atoms with Crippen LogP contribution in [0.5, 0.6) is 0 Å². The number of nitrogen functional groups attached to an aromatic ring is 1. The minimum atomic E-state index is -0.636. The van der Waals surface area contributed by atoms with Crippen molar-refractivity contribution in [3.8, 4) is 5.69 Å². The maximum absolute atomic E-state index is 11.0. The average molecular weight is 217 g/mol. The van der Waals surface area contributed by atoms with Gasteiger partial charge in [0.1, 0.15) is 0 Å². The van der Waals surface area contributed by atoms with Gasteiger partial charge in [-0.05, 0) is 18.6 Å². The quantitative estimate of drug-likeness (QED) is 0.753. The van der Waals surface area contributed by atoms with Crippen LogP contribution in [0.25, 0.3) is 5.69 Å². The van der Waals surface area contributed by atoms with Gasteiger partial charge in [-0.2, -0.15) is 5.10 Å². The number of amides is 1. The van der Waals surface area contributed by atoms with E-state index in [9.17, 15) is 4.79 Å². The maximum Gasteiger partial charge on any atom is 0.271 e. The molecule has 0 aromatic carbocycles. The zero-order valence-corrected chi connectivity index (χ0v) is 8.71. The fourth-order valence-corrected chi connectivity index (χ4v) is 1.43. The summed E-state index contributed by atoms with van der Waals surface area (Å²) in [4.78, 5) is 15.0. The third-order valence-electron chi connectivity index (χ3n) is 2.21. The smallest absolute Gasteiger partial charge is 0.271 e. The average Bonchev–Trinajstić information content (AvgIpc) is 2.61. The van der Waals surface area contributed by atoms with Crippen LogP contribution in [-0.2, 0) is 0 Å². The third kappa shape index (κ3) is 1.60. The number of primary amides is 1. The summed E-state index contributed by atoms with van der Waals surface area (Å²) in [5, 5.41) is 4.03. The molecule has 0 aliphatic carbocycles. The van der Waals surface area contributed by atoms with Gasteiger partial charge in [-0.25, -0.2) is 4.68 Å². The molecule has 0 saturated carbocycles. The van der Waals surface area contributed by atoms with Crippen molar-refractivity contribution in [1.29, 1.82) is 0 Å². The standard InChI is InChI=1S/C10H11N5O/c1-6-4-13-3-2-8(6)15-5-7(11)9(14-15)10(12)16/h2-5H,11H2,1H3,(H2,12,16). The summed E-state index contributed by atoms with van der Waals surface area (Å²) in [6, 6.07) is 1.78. The molecule has 0 bridgehead atoms. The second-order valence-electron chi connectivity index (χ2n) is 3.40. The highest BCUT2D eigenvalue weighted by Crippen LogP contribution is 2.15. The monoisotopic (exact) mass is 217 g/mol. The lowest BCUT2D eigenvalue weighted by molar-refractivity contribution is 0.0996. The summed E-state index contributed by atoms with van der Waals surface area (Å²) < 4.78 is 1.52. The van der Waals surface area contributed by atoms with Gasteiger partial charge in [0.15, 0.2) is 5.69 Å². The molecule has 0 fully saturated rings. The molecule has 0 saturated heterocycles. The Morgan fingerprint density at radius 1 is 1.50 bits per heavy atom. The highest BCUT2D eigenvalue weighted by atomic mass is 16.1. The van der Waals surface area contributed by atoms with Crippen molar-refractivity contribution in [2.75, 3.05) is 5.73 Å². The molecule has 6 heteroatoms. The molecular formula is C10H11N5O. The van der Waals surface area contributed by atoms with Gasteiger partial charge in [-0.15, -0.1) is 0 Å². The number of nitrogens with zero attached hydrogens (tertiary/aromatic N) is 3. The number of rotatable bonds is 2. The fourth-order valence-electron chi connectivity index (χ4n) is 1.43. The van der Waals surface area contributed by atoms with Crippen LogP contribution in [0.15, 0.2) is 24.7 Å². The zero-order chi connectivity index (χ0) is 11.7. The van der Waals surface area contributed by atoms with E-state index < -0.39 is 5.91 Å². The Hall–Kier alpha value is -2.37. The van der Waals surface area contributed by atoms with Crippen LogP contribution in [0.2, 0.25) is 0 Å². The molecule has 0 atom stereocenters. The SMILES string of the molecule is Cc1cnccc1-n1cc(N)c(C(N)=O)n1. The summed E-state index contributed by atoms with van der Waals surface area (Å²) in [7, 11) is 0. The number of aryl methyl sites for hydroxylation is 1. The molecule has 0 spiro atoms. The fraction of sp³-hybridized carbons (Fsp3) is 0.100. The second-order valence-corrected chi connectivity index (χ2v) is 3.40. The Kier molecular flexibility index (Phi) is 2.32. The van der Waals surface area contributed by atoms with E-state index in [2.05, 4.69) is 10.1 Å². The highest BCUT2D eigenvalue weighted by Gasteiger charge is 2.12. The lowest BCUT2D eigenvalue weighted by atomic mass is 10.3. The van der Waals surface area contributed by atoms with Gasteiger partial charge in [-0.3, -0.25) is 9.78 Å². The first-order chi connectivity index (χ1) is 7.59. The van der Waals surface area contributed by atoms with Gasteiger partial charge in [0.2, 0.25) is 0 Å². The molecular weight excluding hydrogens is 206 g/mol. The van der Waals surface area contributed by atoms with Crippen molar-refractivity contribution in [1.82, 2.24) is 14.8 Å². The first-order valence-electron chi connectivity index (χ1n) is 4.65. The number of aromatic nitrogens is 3. The number of hydrogen-bond donors (Lipinski definition) is 2. The van der Waals surface area contributed by atoms with E-state index in [4.69, 9.17) is 11.5 Å². The van der Waals surface area contributed by atoms with Gasteiger partial charge in [0, 0.05) is 12.4 Å². The second kappa shape index (κ2) is 3.65. The van der Waals surface area contributed by atoms with Crippen molar-refractivity contribution < 1.29 is 4.79 Å². The van der Waals surface area contributed by atoms with E-state index in [1.54, 1.807) is 24.7 Å². The van der Waals surface area contributed by atoms with E-state index in [1.807, 2.05) is 6.92 Å². The third-order valence-corrected chi connectivity index (χ3v) is 2.21. The van der Waals surface area contributed by atoms with Gasteiger partial charge in [-0.1, -0.05) is 0 Å². The highest BCUT2D eigenvalue weighted by molar-refractivity contribution is 5.95. The van der Waals surface area contributed by atoms with E-state index in [1.165, 1.54) is 4.68 Å². The van der Waals surface area contributed by atoms with E-state index >= 15 is 0 Å². The Balaban J connectivity index is 2.54. The molecule has 16 heavy (non-hydrogen) atoms. The van der Waals surface area contributed by atoms with Crippen molar-refractivity contribution in [2.24, 2.45) is 5.73 Å². The lowest BCUT2D eigenvalue weighted by Gasteiger charge is -2.03. The van der Waals surface area contributed by atoms with Crippen LogP contribution in [-0.4, -0.2) is 20.7 Å². The number of anilines is 1. The molecule has 4 N–H and O–H groups in total. The summed E-state index contributed by atoms with van der Waals surface area (Å²) in [5.74, 6) is -0.636. The van der Waals surface area contributed by atoms with Crippen LogP contribution in [0.3, 0.4) is 0 Å². The minimum absolute atomic E-state index is 0.0798.